The van der Waals surface area contributed by atoms with E-state index in [0.717, 1.165) is 11.4 Å². The molecular weight excluding hydrogens is 218 g/mol. The Bertz CT molecular complexity index is 572. The molecule has 0 amide bonds. The van der Waals surface area contributed by atoms with Crippen molar-refractivity contribution in [1.29, 1.82) is 0 Å². The van der Waals surface area contributed by atoms with Crippen LogP contribution in [0.5, 0.6) is 5.75 Å². The number of cyclic esters (lactones) is 1. The molecule has 0 atom stereocenters. The van der Waals surface area contributed by atoms with Gasteiger partial charge >= 0.3 is 5.97 Å². The Kier molecular flexibility index (Phi) is 1.98. The van der Waals surface area contributed by atoms with Gasteiger partial charge in [-0.05, 0) is 25.1 Å². The van der Waals surface area contributed by atoms with Crippen molar-refractivity contribution in [3.8, 4) is 5.75 Å². The lowest BCUT2D eigenvalue weighted by Crippen LogP contribution is -2.17. The Labute approximate surface area is 98.7 Å². The Balaban J connectivity index is 2.10. The lowest BCUT2D eigenvalue weighted by Gasteiger charge is -2.11. The van der Waals surface area contributed by atoms with Crippen LogP contribution < -0.4 is 9.64 Å². The molecule has 17 heavy (non-hydrogen) atoms. The Morgan fingerprint density at radius 2 is 1.94 bits per heavy atom. The smallest absolute Gasteiger partial charge is 0.348 e. The summed E-state index contributed by atoms with van der Waals surface area (Å²) in [7, 11) is 1.86. The van der Waals surface area contributed by atoms with Crippen LogP contribution in [-0.4, -0.2) is 13.0 Å². The highest BCUT2D eigenvalue weighted by atomic mass is 16.5. The summed E-state index contributed by atoms with van der Waals surface area (Å²) in [6.07, 6.45) is 1.69. The van der Waals surface area contributed by atoms with Crippen molar-refractivity contribution in [1.82, 2.24) is 0 Å². The third kappa shape index (κ3) is 1.41. The first-order valence-corrected chi connectivity index (χ1v) is 5.32. The number of anilines is 1. The molecule has 0 spiro atoms. The first-order chi connectivity index (χ1) is 8.16. The highest BCUT2D eigenvalue weighted by Gasteiger charge is 2.31. The van der Waals surface area contributed by atoms with Crippen LogP contribution in [0.25, 0.3) is 0 Å². The second kappa shape index (κ2) is 3.38. The summed E-state index contributed by atoms with van der Waals surface area (Å²) >= 11 is 0. The number of carbonyl (C=O) groups excluding carboxylic acids is 1. The molecule has 4 nitrogen and oxygen atoms in total. The minimum absolute atomic E-state index is 0.364. The van der Waals surface area contributed by atoms with Crippen LogP contribution in [0, 0.1) is 0 Å². The van der Waals surface area contributed by atoms with Crippen molar-refractivity contribution in [3.05, 3.63) is 47.6 Å². The van der Waals surface area contributed by atoms with Gasteiger partial charge in [-0.3, -0.25) is 0 Å². The van der Waals surface area contributed by atoms with Crippen LogP contribution in [-0.2, 0) is 9.53 Å². The van der Waals surface area contributed by atoms with Gasteiger partial charge in [0.25, 0.3) is 0 Å². The maximum absolute atomic E-state index is 11.6. The summed E-state index contributed by atoms with van der Waals surface area (Å²) in [6, 6.07) is 7.64. The lowest BCUT2D eigenvalue weighted by molar-refractivity contribution is -0.133. The highest BCUT2D eigenvalue weighted by molar-refractivity contribution is 5.96. The average Bonchev–Trinajstić information content (AvgIpc) is 2.80. The van der Waals surface area contributed by atoms with Crippen LogP contribution in [0.4, 0.5) is 5.69 Å². The molecule has 0 bridgehead atoms. The second-order valence-electron chi connectivity index (χ2n) is 3.99. The van der Waals surface area contributed by atoms with Crippen LogP contribution in [0.15, 0.2) is 47.6 Å². The van der Waals surface area contributed by atoms with E-state index < -0.39 is 0 Å². The summed E-state index contributed by atoms with van der Waals surface area (Å²) in [5.41, 5.74) is 1.40. The van der Waals surface area contributed by atoms with Gasteiger partial charge < -0.3 is 14.4 Å². The number of hydrogen-bond acceptors (Lipinski definition) is 4. The van der Waals surface area contributed by atoms with Gasteiger partial charge in [-0.25, -0.2) is 4.79 Å². The number of carbonyl (C=O) groups is 1. The number of nitrogens with zero attached hydrogens (tertiary/aromatic N) is 1. The summed E-state index contributed by atoms with van der Waals surface area (Å²) in [5, 5.41) is 0. The fraction of sp³-hybridized carbons (Fsp3) is 0.154. The van der Waals surface area contributed by atoms with E-state index in [9.17, 15) is 4.79 Å². The van der Waals surface area contributed by atoms with Crippen LogP contribution in [0.3, 0.4) is 0 Å². The second-order valence-corrected chi connectivity index (χ2v) is 3.99. The van der Waals surface area contributed by atoms with E-state index in [4.69, 9.17) is 9.47 Å². The predicted octanol–water partition coefficient (Wildman–Crippen LogP) is 2.19. The number of hydrogen-bond donors (Lipinski definition) is 0. The van der Waals surface area contributed by atoms with Crippen LogP contribution in [0.2, 0.25) is 0 Å². The fourth-order valence-corrected chi connectivity index (χ4v) is 1.98. The molecule has 1 aromatic rings. The van der Waals surface area contributed by atoms with Crippen molar-refractivity contribution in [2.24, 2.45) is 0 Å². The van der Waals surface area contributed by atoms with Gasteiger partial charge in [0, 0.05) is 7.05 Å². The minimum atomic E-state index is -0.364. The molecule has 0 aliphatic carbocycles. The maximum atomic E-state index is 11.6. The molecular formula is C13H11NO3. The van der Waals surface area contributed by atoms with Gasteiger partial charge in [-0.1, -0.05) is 12.1 Å². The van der Waals surface area contributed by atoms with Crippen molar-refractivity contribution in [3.63, 3.8) is 0 Å². The number of rotatable bonds is 0. The number of benzene rings is 1. The molecule has 0 saturated heterocycles. The molecule has 0 aromatic heterocycles. The SMILES string of the molecule is CC1=CC(=C2Oc3ccccc3N2C)C(=O)O1. The van der Waals surface area contributed by atoms with Gasteiger partial charge in [0.2, 0.25) is 5.88 Å². The first kappa shape index (κ1) is 9.96. The molecule has 86 valence electrons. The van der Waals surface area contributed by atoms with E-state index in [2.05, 4.69) is 0 Å². The highest BCUT2D eigenvalue weighted by Crippen LogP contribution is 2.39. The van der Waals surface area contributed by atoms with Gasteiger partial charge in [-0.2, -0.15) is 0 Å². The first-order valence-electron chi connectivity index (χ1n) is 5.32. The third-order valence-electron chi connectivity index (χ3n) is 2.79. The summed E-state index contributed by atoms with van der Waals surface area (Å²) in [6.45, 7) is 1.74. The van der Waals surface area contributed by atoms with Crippen LogP contribution >= 0.6 is 0 Å². The van der Waals surface area contributed by atoms with E-state index in [-0.39, 0.29) is 5.97 Å². The molecule has 0 fully saturated rings. The molecule has 2 aliphatic rings. The molecule has 4 heteroatoms. The Morgan fingerprint density at radius 3 is 2.59 bits per heavy atom. The average molecular weight is 229 g/mol. The minimum Gasteiger partial charge on any atom is -0.438 e. The zero-order chi connectivity index (χ0) is 12.0. The Hall–Kier alpha value is -2.23. The number of fused-ring (bicyclic) bond motifs is 1. The largest absolute Gasteiger partial charge is 0.438 e. The summed E-state index contributed by atoms with van der Waals surface area (Å²) in [5.74, 6) is 1.50. The quantitative estimate of drug-likeness (QED) is 0.505. The fourth-order valence-electron chi connectivity index (χ4n) is 1.98. The van der Waals surface area contributed by atoms with E-state index >= 15 is 0 Å². The Morgan fingerprint density at radius 1 is 1.18 bits per heavy atom. The van der Waals surface area contributed by atoms with E-state index in [0.29, 0.717) is 17.2 Å². The lowest BCUT2D eigenvalue weighted by atomic mass is 10.2. The van der Waals surface area contributed by atoms with Gasteiger partial charge in [0.15, 0.2) is 5.75 Å². The van der Waals surface area contributed by atoms with Crippen molar-refractivity contribution >= 4 is 11.7 Å². The summed E-state index contributed by atoms with van der Waals surface area (Å²) < 4.78 is 10.7. The topological polar surface area (TPSA) is 38.8 Å². The number of esters is 1. The van der Waals surface area contributed by atoms with Crippen molar-refractivity contribution in [2.45, 2.75) is 6.92 Å². The maximum Gasteiger partial charge on any atom is 0.348 e. The standard InChI is InChI=1S/C13H11NO3/c1-8-7-9(13(15)16-8)12-14(2)10-5-3-4-6-11(10)17-12/h3-7H,1-2H3. The molecule has 0 radical (unpaired) electrons. The monoisotopic (exact) mass is 229 g/mol. The summed E-state index contributed by atoms with van der Waals surface area (Å²) in [4.78, 5) is 13.5. The molecule has 3 rings (SSSR count). The van der Waals surface area contributed by atoms with E-state index in [1.54, 1.807) is 13.0 Å². The van der Waals surface area contributed by atoms with Crippen molar-refractivity contribution in [2.75, 3.05) is 11.9 Å². The normalized spacial score (nSPS) is 22.1. The predicted molar refractivity (Wildman–Crippen MR) is 62.3 cm³/mol. The number of allylic oxidation sites excluding steroid dienone is 1. The molecule has 0 unspecified atom stereocenters. The molecule has 0 saturated carbocycles. The van der Waals surface area contributed by atoms with Crippen LogP contribution in [0.1, 0.15) is 6.92 Å². The van der Waals surface area contributed by atoms with Gasteiger partial charge in [0.1, 0.15) is 11.3 Å². The van der Waals surface area contributed by atoms with E-state index in [1.807, 2.05) is 36.2 Å². The zero-order valence-electron chi connectivity index (χ0n) is 9.56. The van der Waals surface area contributed by atoms with Crippen molar-refractivity contribution < 1.29 is 14.3 Å². The number of para-hydroxylation sites is 2. The molecule has 1 aromatic carbocycles. The number of ether oxygens (including phenoxy) is 2. The molecule has 0 N–H and O–H groups in total. The third-order valence-corrected chi connectivity index (χ3v) is 2.79. The van der Waals surface area contributed by atoms with Gasteiger partial charge in [0.05, 0.1) is 5.69 Å². The molecule has 2 aliphatic heterocycles. The van der Waals surface area contributed by atoms with E-state index in [1.165, 1.54) is 0 Å². The van der Waals surface area contributed by atoms with Gasteiger partial charge in [-0.15, -0.1) is 0 Å². The zero-order valence-corrected chi connectivity index (χ0v) is 9.56. The molecule has 2 heterocycles.